The number of nitrogens with one attached hydrogen (secondary N) is 1. The molecule has 1 amide bonds. The van der Waals surface area contributed by atoms with E-state index in [4.69, 9.17) is 9.47 Å². The first-order valence-electron chi connectivity index (χ1n) is 12.2. The summed E-state index contributed by atoms with van der Waals surface area (Å²) in [5.74, 6) is 0.873. The Kier molecular flexibility index (Phi) is 7.13. The summed E-state index contributed by atoms with van der Waals surface area (Å²) in [5.41, 5.74) is 3.86. The lowest BCUT2D eigenvalue weighted by molar-refractivity contribution is -0.128. The fourth-order valence-electron chi connectivity index (χ4n) is 5.51. The average molecular weight is 531 g/mol. The van der Waals surface area contributed by atoms with Gasteiger partial charge in [0.2, 0.25) is 0 Å². The normalized spacial score (nSPS) is 22.4. The highest BCUT2D eigenvalue weighted by Gasteiger charge is 2.44. The molecule has 0 radical (unpaired) electrons. The molecule has 1 saturated heterocycles. The van der Waals surface area contributed by atoms with Crippen molar-refractivity contribution in [3.8, 4) is 11.5 Å². The second kappa shape index (κ2) is 9.76. The van der Waals surface area contributed by atoms with Gasteiger partial charge in [-0.2, -0.15) is 0 Å². The van der Waals surface area contributed by atoms with Crippen LogP contribution in [0.2, 0.25) is 0 Å². The van der Waals surface area contributed by atoms with Gasteiger partial charge in [-0.25, -0.2) is 0 Å². The van der Waals surface area contributed by atoms with Crippen LogP contribution in [-0.2, 0) is 9.59 Å². The highest BCUT2D eigenvalue weighted by atomic mass is 79.9. The van der Waals surface area contributed by atoms with Crippen molar-refractivity contribution >= 4 is 27.6 Å². The summed E-state index contributed by atoms with van der Waals surface area (Å²) in [5, 5.41) is 3.47. The van der Waals surface area contributed by atoms with Gasteiger partial charge in [-0.3, -0.25) is 9.59 Å². The molecule has 1 atom stereocenters. The van der Waals surface area contributed by atoms with Crippen LogP contribution in [0.3, 0.4) is 0 Å². The Hall–Kier alpha value is -2.28. The maximum absolute atomic E-state index is 13.9. The molecule has 2 aliphatic heterocycles. The average Bonchev–Trinajstić information content (AvgIpc) is 2.78. The van der Waals surface area contributed by atoms with Gasteiger partial charge in [-0.15, -0.1) is 0 Å². The number of amides is 1. The molecule has 0 spiro atoms. The van der Waals surface area contributed by atoms with Crippen LogP contribution in [0.4, 0.5) is 0 Å². The number of likely N-dealkylation sites (tertiary alicyclic amines) is 1. The topological polar surface area (TPSA) is 67.9 Å². The van der Waals surface area contributed by atoms with Crippen molar-refractivity contribution in [3.05, 3.63) is 44.7 Å². The molecular formula is C27H35BrN2O4. The molecular weight excluding hydrogens is 496 g/mol. The summed E-state index contributed by atoms with van der Waals surface area (Å²) < 4.78 is 12.2. The van der Waals surface area contributed by atoms with Crippen LogP contribution < -0.4 is 14.8 Å². The minimum atomic E-state index is -0.449. The highest BCUT2D eigenvalue weighted by molar-refractivity contribution is 9.10. The number of carbonyl (C=O) groups is 2. The Morgan fingerprint density at radius 2 is 1.91 bits per heavy atom. The molecule has 1 aliphatic carbocycles. The molecule has 6 nitrogen and oxygen atoms in total. The molecule has 3 aliphatic rings. The van der Waals surface area contributed by atoms with E-state index in [0.717, 1.165) is 60.2 Å². The summed E-state index contributed by atoms with van der Waals surface area (Å²) in [4.78, 5) is 29.4. The van der Waals surface area contributed by atoms with Crippen LogP contribution in [0.5, 0.6) is 11.5 Å². The van der Waals surface area contributed by atoms with E-state index in [9.17, 15) is 9.59 Å². The third-order valence-electron chi connectivity index (χ3n) is 6.99. The largest absolute Gasteiger partial charge is 0.493 e. The molecule has 1 aromatic carbocycles. The highest BCUT2D eigenvalue weighted by Crippen LogP contribution is 2.49. The molecule has 7 heteroatoms. The second-order valence-corrected chi connectivity index (χ2v) is 11.1. The molecule has 0 bridgehead atoms. The lowest BCUT2D eigenvalue weighted by atomic mass is 9.68. The monoisotopic (exact) mass is 530 g/mol. The van der Waals surface area contributed by atoms with E-state index < -0.39 is 5.92 Å². The number of benzene rings is 1. The van der Waals surface area contributed by atoms with Gasteiger partial charge in [0.1, 0.15) is 0 Å². The first-order valence-corrected chi connectivity index (χ1v) is 13.0. The van der Waals surface area contributed by atoms with Gasteiger partial charge in [0.25, 0.3) is 5.91 Å². The zero-order valence-corrected chi connectivity index (χ0v) is 22.4. The number of dihydropyridines is 1. The summed E-state index contributed by atoms with van der Waals surface area (Å²) in [6, 6.07) is 3.89. The molecule has 2 heterocycles. The first-order chi connectivity index (χ1) is 16.2. The van der Waals surface area contributed by atoms with E-state index >= 15 is 0 Å². The van der Waals surface area contributed by atoms with Gasteiger partial charge in [-0.1, -0.05) is 13.8 Å². The van der Waals surface area contributed by atoms with Gasteiger partial charge >= 0.3 is 0 Å². The minimum absolute atomic E-state index is 0.0165. The Morgan fingerprint density at radius 3 is 2.56 bits per heavy atom. The zero-order valence-electron chi connectivity index (χ0n) is 20.8. The number of halogens is 1. The maximum Gasteiger partial charge on any atom is 0.252 e. The maximum atomic E-state index is 13.9. The SMILES string of the molecule is CCOc1c(Br)cc([C@H]2C(C(=O)N3CCCCC3)=C(C)NC3=C2C(=O)CC(C)(C)C3)cc1OC. The molecule has 184 valence electrons. The number of allylic oxidation sites excluding steroid dienone is 3. The van der Waals surface area contributed by atoms with Crippen molar-refractivity contribution in [2.75, 3.05) is 26.8 Å². The van der Waals surface area contributed by atoms with E-state index in [1.165, 1.54) is 0 Å². The van der Waals surface area contributed by atoms with Crippen molar-refractivity contribution in [2.24, 2.45) is 5.41 Å². The van der Waals surface area contributed by atoms with E-state index in [2.05, 4.69) is 35.1 Å². The van der Waals surface area contributed by atoms with Gasteiger partial charge in [-0.05, 0) is 78.6 Å². The smallest absolute Gasteiger partial charge is 0.252 e. The number of ether oxygens (including phenoxy) is 2. The summed E-state index contributed by atoms with van der Waals surface area (Å²) >= 11 is 3.64. The lowest BCUT2D eigenvalue weighted by Gasteiger charge is -2.41. The molecule has 1 fully saturated rings. The lowest BCUT2D eigenvalue weighted by Crippen LogP contribution is -2.43. The number of ketones is 1. The number of rotatable bonds is 5. The third kappa shape index (κ3) is 4.64. The van der Waals surface area contributed by atoms with Gasteiger partial charge < -0.3 is 19.7 Å². The standard InChI is InChI=1S/C27H35BrN2O4/c1-6-34-25-18(28)12-17(13-21(25)33-5)23-22(26(32)30-10-8-7-9-11-30)16(2)29-19-14-27(3,4)15-20(31)24(19)23/h12-13,23,29H,6-11,14-15H2,1-5H3/t23-/m0/s1. The Balaban J connectivity index is 1.88. The number of hydrogen-bond acceptors (Lipinski definition) is 5. The molecule has 0 aromatic heterocycles. The zero-order chi connectivity index (χ0) is 24.6. The van der Waals surface area contributed by atoms with Gasteiger partial charge in [0.05, 0.1) is 18.2 Å². The Labute approximate surface area is 210 Å². The summed E-state index contributed by atoms with van der Waals surface area (Å²) in [6.07, 6.45) is 4.40. The van der Waals surface area contributed by atoms with Crippen molar-refractivity contribution in [2.45, 2.75) is 65.7 Å². The molecule has 1 N–H and O–H groups in total. The molecule has 34 heavy (non-hydrogen) atoms. The van der Waals surface area contributed by atoms with E-state index in [1.807, 2.05) is 30.9 Å². The first kappa shape index (κ1) is 24.8. The predicted octanol–water partition coefficient (Wildman–Crippen LogP) is 5.47. The quantitative estimate of drug-likeness (QED) is 0.546. The molecule has 4 rings (SSSR count). The van der Waals surface area contributed by atoms with E-state index in [-0.39, 0.29) is 17.1 Å². The number of carbonyl (C=O) groups excluding carboxylic acids is 2. The van der Waals surface area contributed by atoms with E-state index in [1.54, 1.807) is 7.11 Å². The van der Waals surface area contributed by atoms with Crippen LogP contribution in [0, 0.1) is 5.41 Å². The third-order valence-corrected chi connectivity index (χ3v) is 7.58. The fourth-order valence-corrected chi connectivity index (χ4v) is 6.09. The van der Waals surface area contributed by atoms with Gasteiger partial charge in [0, 0.05) is 48.0 Å². The predicted molar refractivity (Wildman–Crippen MR) is 136 cm³/mol. The Bertz CT molecular complexity index is 1070. The summed E-state index contributed by atoms with van der Waals surface area (Å²) in [7, 11) is 1.61. The number of methoxy groups -OCH3 is 1. The number of nitrogens with zero attached hydrogens (tertiary/aromatic N) is 1. The second-order valence-electron chi connectivity index (χ2n) is 10.2. The number of Topliss-reactive ketones (excluding diaryl/α,β-unsaturated/α-hetero) is 1. The molecule has 1 aromatic rings. The van der Waals surface area contributed by atoms with E-state index in [0.29, 0.717) is 35.7 Å². The van der Waals surface area contributed by atoms with Crippen molar-refractivity contribution in [1.82, 2.24) is 10.2 Å². The number of hydrogen-bond donors (Lipinski definition) is 1. The summed E-state index contributed by atoms with van der Waals surface area (Å²) in [6.45, 7) is 10.1. The van der Waals surface area contributed by atoms with Crippen LogP contribution in [0.15, 0.2) is 39.1 Å². The molecule has 0 saturated carbocycles. The van der Waals surface area contributed by atoms with Crippen molar-refractivity contribution < 1.29 is 19.1 Å². The molecule has 0 unspecified atom stereocenters. The van der Waals surface area contributed by atoms with Crippen LogP contribution in [0.25, 0.3) is 0 Å². The Morgan fingerprint density at radius 1 is 1.21 bits per heavy atom. The van der Waals surface area contributed by atoms with Crippen LogP contribution in [-0.4, -0.2) is 43.4 Å². The van der Waals surface area contributed by atoms with Crippen molar-refractivity contribution in [3.63, 3.8) is 0 Å². The van der Waals surface area contributed by atoms with Crippen LogP contribution >= 0.6 is 15.9 Å². The van der Waals surface area contributed by atoms with Gasteiger partial charge in [0.15, 0.2) is 17.3 Å². The fraction of sp³-hybridized carbons (Fsp3) is 0.556. The van der Waals surface area contributed by atoms with Crippen molar-refractivity contribution in [1.29, 1.82) is 0 Å². The minimum Gasteiger partial charge on any atom is -0.493 e. The number of piperidine rings is 1. The van der Waals surface area contributed by atoms with Crippen LogP contribution in [0.1, 0.15) is 71.3 Å².